The quantitative estimate of drug-likeness (QED) is 0.599. The van der Waals surface area contributed by atoms with E-state index in [0.717, 1.165) is 22.6 Å². The van der Waals surface area contributed by atoms with Crippen molar-refractivity contribution >= 4 is 5.97 Å². The van der Waals surface area contributed by atoms with Crippen LogP contribution in [0.1, 0.15) is 27.4 Å². The molecule has 146 valence electrons. The van der Waals surface area contributed by atoms with Crippen molar-refractivity contribution in [2.75, 3.05) is 14.2 Å². The molecule has 0 aliphatic rings. The molecule has 0 bridgehead atoms. The molecule has 0 amide bonds. The van der Waals surface area contributed by atoms with Crippen molar-refractivity contribution in [2.45, 2.75) is 19.6 Å². The lowest BCUT2D eigenvalue weighted by Gasteiger charge is -2.23. The molecule has 6 nitrogen and oxygen atoms in total. The molecule has 1 heterocycles. The fourth-order valence-corrected chi connectivity index (χ4v) is 3.05. The van der Waals surface area contributed by atoms with Crippen LogP contribution in [0.3, 0.4) is 0 Å². The molecule has 0 spiro atoms. The van der Waals surface area contributed by atoms with Gasteiger partial charge in [-0.25, -0.2) is 4.79 Å². The van der Waals surface area contributed by atoms with Gasteiger partial charge < -0.3 is 19.0 Å². The molecule has 0 saturated heterocycles. The van der Waals surface area contributed by atoms with Gasteiger partial charge in [0.15, 0.2) is 0 Å². The maximum absolute atomic E-state index is 11.1. The standard InChI is InChI=1S/C22H23NO5/c1-26-18-8-10-20(27-2)17(12-18)14-23(13-16-6-4-3-5-7-16)15-19-9-11-21(28-19)22(24)25/h3-12H,13-15H2,1-2H3,(H,24,25). The Bertz CT molecular complexity index is 920. The molecule has 0 aliphatic heterocycles. The van der Waals surface area contributed by atoms with E-state index in [2.05, 4.69) is 17.0 Å². The monoisotopic (exact) mass is 381 g/mol. The van der Waals surface area contributed by atoms with Crippen LogP contribution in [0.15, 0.2) is 65.1 Å². The Morgan fingerprint density at radius 2 is 1.75 bits per heavy atom. The van der Waals surface area contributed by atoms with Gasteiger partial charge in [0.2, 0.25) is 5.76 Å². The van der Waals surface area contributed by atoms with Crippen molar-refractivity contribution in [1.29, 1.82) is 0 Å². The highest BCUT2D eigenvalue weighted by Gasteiger charge is 2.16. The normalized spacial score (nSPS) is 10.8. The fourth-order valence-electron chi connectivity index (χ4n) is 3.05. The van der Waals surface area contributed by atoms with Gasteiger partial charge in [-0.3, -0.25) is 4.90 Å². The van der Waals surface area contributed by atoms with E-state index in [1.165, 1.54) is 6.07 Å². The maximum Gasteiger partial charge on any atom is 0.371 e. The number of hydrogen-bond acceptors (Lipinski definition) is 5. The number of nitrogens with zero attached hydrogens (tertiary/aromatic N) is 1. The number of carboxylic acids is 1. The second-order valence-corrected chi connectivity index (χ2v) is 6.38. The molecular weight excluding hydrogens is 358 g/mol. The van der Waals surface area contributed by atoms with E-state index in [1.54, 1.807) is 20.3 Å². The van der Waals surface area contributed by atoms with Crippen LogP contribution in [0.4, 0.5) is 0 Å². The summed E-state index contributed by atoms with van der Waals surface area (Å²) >= 11 is 0. The van der Waals surface area contributed by atoms with Gasteiger partial charge in [0.1, 0.15) is 17.3 Å². The Labute approximate surface area is 163 Å². The molecule has 0 radical (unpaired) electrons. The first-order chi connectivity index (χ1) is 13.6. The number of carbonyl (C=O) groups is 1. The zero-order valence-electron chi connectivity index (χ0n) is 15.9. The number of ether oxygens (including phenoxy) is 2. The molecule has 0 aliphatic carbocycles. The highest BCUT2D eigenvalue weighted by atomic mass is 16.5. The fraction of sp³-hybridized carbons (Fsp3) is 0.227. The van der Waals surface area contributed by atoms with E-state index in [1.807, 2.05) is 36.4 Å². The zero-order valence-corrected chi connectivity index (χ0v) is 15.9. The van der Waals surface area contributed by atoms with Crippen LogP contribution < -0.4 is 9.47 Å². The lowest BCUT2D eigenvalue weighted by molar-refractivity contribution is 0.0658. The van der Waals surface area contributed by atoms with E-state index < -0.39 is 5.97 Å². The number of hydrogen-bond donors (Lipinski definition) is 1. The smallest absolute Gasteiger partial charge is 0.371 e. The number of aromatic carboxylic acids is 1. The first-order valence-corrected chi connectivity index (χ1v) is 8.88. The van der Waals surface area contributed by atoms with Gasteiger partial charge in [-0.2, -0.15) is 0 Å². The Morgan fingerprint density at radius 3 is 2.39 bits per heavy atom. The van der Waals surface area contributed by atoms with E-state index in [4.69, 9.17) is 19.0 Å². The lowest BCUT2D eigenvalue weighted by Crippen LogP contribution is -2.22. The summed E-state index contributed by atoms with van der Waals surface area (Å²) in [6.45, 7) is 1.71. The Kier molecular flexibility index (Phi) is 6.34. The molecule has 28 heavy (non-hydrogen) atoms. The molecule has 0 unspecified atom stereocenters. The summed E-state index contributed by atoms with van der Waals surface area (Å²) in [4.78, 5) is 13.3. The lowest BCUT2D eigenvalue weighted by atomic mass is 10.1. The molecule has 6 heteroatoms. The van der Waals surface area contributed by atoms with E-state index >= 15 is 0 Å². The van der Waals surface area contributed by atoms with Crippen molar-refractivity contribution in [1.82, 2.24) is 4.90 Å². The van der Waals surface area contributed by atoms with Crippen LogP contribution in [-0.2, 0) is 19.6 Å². The Balaban J connectivity index is 1.86. The Hall–Kier alpha value is -3.25. The van der Waals surface area contributed by atoms with Crippen LogP contribution in [0.2, 0.25) is 0 Å². The summed E-state index contributed by atoms with van der Waals surface area (Å²) in [5.41, 5.74) is 2.12. The average Bonchev–Trinajstić information content (AvgIpc) is 3.17. The van der Waals surface area contributed by atoms with Crippen LogP contribution in [0.25, 0.3) is 0 Å². The van der Waals surface area contributed by atoms with Gasteiger partial charge >= 0.3 is 5.97 Å². The molecular formula is C22H23NO5. The maximum atomic E-state index is 11.1. The van der Waals surface area contributed by atoms with Crippen LogP contribution in [-0.4, -0.2) is 30.2 Å². The summed E-state index contributed by atoms with van der Waals surface area (Å²) in [7, 11) is 3.27. The third-order valence-electron chi connectivity index (χ3n) is 4.38. The second-order valence-electron chi connectivity index (χ2n) is 6.38. The number of carboxylic acid groups (broad SMARTS) is 1. The highest BCUT2D eigenvalue weighted by molar-refractivity contribution is 5.84. The minimum absolute atomic E-state index is 0.0615. The van der Waals surface area contributed by atoms with Crippen LogP contribution in [0.5, 0.6) is 11.5 Å². The van der Waals surface area contributed by atoms with Gasteiger partial charge in [-0.05, 0) is 35.9 Å². The van der Waals surface area contributed by atoms with E-state index in [-0.39, 0.29) is 5.76 Å². The third kappa shape index (κ3) is 4.92. The van der Waals surface area contributed by atoms with Crippen molar-refractivity contribution in [3.63, 3.8) is 0 Å². The van der Waals surface area contributed by atoms with Crippen LogP contribution >= 0.6 is 0 Å². The summed E-state index contributed by atoms with van der Waals surface area (Å²) in [6, 6.07) is 18.9. The molecule has 1 N–H and O–H groups in total. The molecule has 0 fully saturated rings. The number of furan rings is 1. The van der Waals surface area contributed by atoms with Gasteiger partial charge in [-0.15, -0.1) is 0 Å². The van der Waals surface area contributed by atoms with Crippen molar-refractivity contribution in [3.8, 4) is 11.5 Å². The molecule has 2 aromatic carbocycles. The van der Waals surface area contributed by atoms with Crippen molar-refractivity contribution < 1.29 is 23.8 Å². The van der Waals surface area contributed by atoms with Gasteiger partial charge in [0.25, 0.3) is 0 Å². The largest absolute Gasteiger partial charge is 0.497 e. The number of rotatable bonds is 9. The second kappa shape index (κ2) is 9.10. The first kappa shape index (κ1) is 19.5. The first-order valence-electron chi connectivity index (χ1n) is 8.88. The van der Waals surface area contributed by atoms with Crippen molar-refractivity contribution in [3.05, 3.63) is 83.3 Å². The minimum atomic E-state index is -1.07. The number of methoxy groups -OCH3 is 2. The summed E-state index contributed by atoms with van der Waals surface area (Å²) in [5.74, 6) is 0.977. The molecule has 3 rings (SSSR count). The number of benzene rings is 2. The highest BCUT2D eigenvalue weighted by Crippen LogP contribution is 2.26. The third-order valence-corrected chi connectivity index (χ3v) is 4.38. The van der Waals surface area contributed by atoms with Crippen molar-refractivity contribution in [2.24, 2.45) is 0 Å². The predicted octanol–water partition coefficient (Wildman–Crippen LogP) is 4.20. The van der Waals surface area contributed by atoms with Gasteiger partial charge in [0.05, 0.1) is 20.8 Å². The summed E-state index contributed by atoms with van der Waals surface area (Å²) in [5, 5.41) is 9.09. The predicted molar refractivity (Wildman–Crippen MR) is 105 cm³/mol. The van der Waals surface area contributed by atoms with E-state index in [0.29, 0.717) is 25.4 Å². The minimum Gasteiger partial charge on any atom is -0.497 e. The molecule has 1 aromatic heterocycles. The van der Waals surface area contributed by atoms with Crippen LogP contribution in [0, 0.1) is 0 Å². The average molecular weight is 381 g/mol. The SMILES string of the molecule is COc1ccc(OC)c(CN(Cc2ccccc2)Cc2ccc(C(=O)O)o2)c1. The van der Waals surface area contributed by atoms with Gasteiger partial charge in [-0.1, -0.05) is 30.3 Å². The van der Waals surface area contributed by atoms with Gasteiger partial charge in [0, 0.05) is 18.7 Å². The molecule has 0 saturated carbocycles. The zero-order chi connectivity index (χ0) is 19.9. The topological polar surface area (TPSA) is 72.1 Å². The summed E-state index contributed by atoms with van der Waals surface area (Å²) in [6.07, 6.45) is 0. The Morgan fingerprint density at radius 1 is 0.964 bits per heavy atom. The molecule has 0 atom stereocenters. The summed E-state index contributed by atoms with van der Waals surface area (Å²) < 4.78 is 16.3. The molecule has 3 aromatic rings. The van der Waals surface area contributed by atoms with E-state index in [9.17, 15) is 4.79 Å².